The molecule has 1 aliphatic rings. The van der Waals surface area contributed by atoms with E-state index in [1.54, 1.807) is 6.92 Å². The van der Waals surface area contributed by atoms with Gasteiger partial charge < -0.3 is 9.84 Å². The zero-order valence-electron chi connectivity index (χ0n) is 13.3. The molecule has 24 heavy (non-hydrogen) atoms. The van der Waals surface area contributed by atoms with Gasteiger partial charge in [-0.2, -0.15) is 4.31 Å². The third-order valence-electron chi connectivity index (χ3n) is 4.09. The molecule has 1 aromatic carbocycles. The standard InChI is InChI=1S/C16H19N3O4S/c1-12-10-23-18-14(12)11-24(21,22)19-8-7-17-16(20)9-15(19)13-5-3-2-4-6-13/h2-6,10,15H,7-9,11H2,1H3,(H,17,20). The van der Waals surface area contributed by atoms with Crippen molar-refractivity contribution >= 4 is 15.9 Å². The van der Waals surface area contributed by atoms with E-state index in [9.17, 15) is 13.2 Å². The second kappa shape index (κ2) is 6.74. The van der Waals surface area contributed by atoms with Crippen LogP contribution in [0.2, 0.25) is 0 Å². The molecule has 8 heteroatoms. The van der Waals surface area contributed by atoms with Gasteiger partial charge in [-0.1, -0.05) is 35.5 Å². The Hall–Kier alpha value is -2.19. The first-order chi connectivity index (χ1) is 11.5. The molecule has 1 saturated heterocycles. The first-order valence-electron chi connectivity index (χ1n) is 7.68. The molecule has 1 unspecified atom stereocenters. The summed E-state index contributed by atoms with van der Waals surface area (Å²) in [6.07, 6.45) is 1.52. The van der Waals surface area contributed by atoms with Crippen molar-refractivity contribution in [1.29, 1.82) is 0 Å². The van der Waals surface area contributed by atoms with Crippen molar-refractivity contribution in [2.45, 2.75) is 25.1 Å². The van der Waals surface area contributed by atoms with E-state index in [2.05, 4.69) is 10.5 Å². The van der Waals surface area contributed by atoms with Gasteiger partial charge in [0, 0.05) is 25.1 Å². The Bertz CT molecular complexity index is 817. The second-order valence-corrected chi connectivity index (χ2v) is 7.71. The minimum Gasteiger partial charge on any atom is -0.364 e. The fraction of sp³-hybridized carbons (Fsp3) is 0.375. The van der Waals surface area contributed by atoms with Gasteiger partial charge in [0.2, 0.25) is 15.9 Å². The molecule has 1 fully saturated rings. The lowest BCUT2D eigenvalue weighted by Crippen LogP contribution is -2.37. The van der Waals surface area contributed by atoms with E-state index in [1.165, 1.54) is 10.6 Å². The molecule has 0 aliphatic carbocycles. The summed E-state index contributed by atoms with van der Waals surface area (Å²) in [5.74, 6) is -0.397. The molecule has 1 aliphatic heterocycles. The Morgan fingerprint density at radius 1 is 1.33 bits per heavy atom. The van der Waals surface area contributed by atoms with Gasteiger partial charge in [0.1, 0.15) is 17.7 Å². The van der Waals surface area contributed by atoms with E-state index in [-0.39, 0.29) is 24.6 Å². The van der Waals surface area contributed by atoms with Crippen molar-refractivity contribution < 1.29 is 17.7 Å². The van der Waals surface area contributed by atoms with E-state index in [1.807, 2.05) is 30.3 Å². The number of sulfonamides is 1. The number of hydrogen-bond acceptors (Lipinski definition) is 5. The molecule has 3 rings (SSSR count). The average Bonchev–Trinajstić information content (AvgIpc) is 2.83. The van der Waals surface area contributed by atoms with Gasteiger partial charge in [-0.25, -0.2) is 8.42 Å². The largest absolute Gasteiger partial charge is 0.364 e. The summed E-state index contributed by atoms with van der Waals surface area (Å²) >= 11 is 0. The third kappa shape index (κ3) is 3.49. The lowest BCUT2D eigenvalue weighted by Gasteiger charge is -2.28. The lowest BCUT2D eigenvalue weighted by molar-refractivity contribution is -0.121. The summed E-state index contributed by atoms with van der Waals surface area (Å²) in [5, 5.41) is 6.51. The monoisotopic (exact) mass is 349 g/mol. The smallest absolute Gasteiger partial charge is 0.222 e. The summed E-state index contributed by atoms with van der Waals surface area (Å²) in [6, 6.07) is 8.69. The maximum absolute atomic E-state index is 13.0. The zero-order valence-corrected chi connectivity index (χ0v) is 14.1. The fourth-order valence-corrected chi connectivity index (χ4v) is 4.55. The van der Waals surface area contributed by atoms with E-state index in [4.69, 9.17) is 4.52 Å². The Labute approximate surface area is 140 Å². The maximum atomic E-state index is 13.0. The Kier molecular flexibility index (Phi) is 4.68. The molecular weight excluding hydrogens is 330 g/mol. The van der Waals surface area contributed by atoms with Crippen LogP contribution in [-0.4, -0.2) is 36.9 Å². The highest BCUT2D eigenvalue weighted by Gasteiger charge is 2.35. The van der Waals surface area contributed by atoms with E-state index in [0.29, 0.717) is 17.8 Å². The number of aryl methyl sites for hydroxylation is 1. The van der Waals surface area contributed by atoms with Crippen molar-refractivity contribution in [2.24, 2.45) is 0 Å². The van der Waals surface area contributed by atoms with Gasteiger partial charge in [0.15, 0.2) is 0 Å². The van der Waals surface area contributed by atoms with Gasteiger partial charge >= 0.3 is 0 Å². The Morgan fingerprint density at radius 2 is 2.08 bits per heavy atom. The number of rotatable bonds is 4. The Morgan fingerprint density at radius 3 is 2.75 bits per heavy atom. The molecule has 0 bridgehead atoms. The highest BCUT2D eigenvalue weighted by Crippen LogP contribution is 2.29. The van der Waals surface area contributed by atoms with E-state index < -0.39 is 16.1 Å². The number of nitrogens with one attached hydrogen (secondary N) is 1. The number of aromatic nitrogens is 1. The summed E-state index contributed by atoms with van der Waals surface area (Å²) in [7, 11) is -3.65. The number of amides is 1. The van der Waals surface area contributed by atoms with E-state index in [0.717, 1.165) is 5.56 Å². The van der Waals surface area contributed by atoms with Crippen molar-refractivity contribution in [3.8, 4) is 0 Å². The highest BCUT2D eigenvalue weighted by atomic mass is 32.2. The van der Waals surface area contributed by atoms with Crippen LogP contribution in [0.3, 0.4) is 0 Å². The molecule has 1 amide bonds. The molecule has 7 nitrogen and oxygen atoms in total. The van der Waals surface area contributed by atoms with Gasteiger partial charge in [-0.15, -0.1) is 0 Å². The van der Waals surface area contributed by atoms with Gasteiger partial charge in [-0.3, -0.25) is 4.79 Å². The normalized spacial score (nSPS) is 19.7. The number of carbonyl (C=O) groups excluding carboxylic acids is 1. The molecule has 1 atom stereocenters. The predicted molar refractivity (Wildman–Crippen MR) is 87.4 cm³/mol. The molecule has 0 saturated carbocycles. The summed E-state index contributed by atoms with van der Waals surface area (Å²) in [6.45, 7) is 2.27. The van der Waals surface area contributed by atoms with Crippen LogP contribution in [0.25, 0.3) is 0 Å². The summed E-state index contributed by atoms with van der Waals surface area (Å²) in [5.41, 5.74) is 1.89. The average molecular weight is 349 g/mol. The van der Waals surface area contributed by atoms with Crippen LogP contribution in [0.5, 0.6) is 0 Å². The van der Waals surface area contributed by atoms with E-state index >= 15 is 0 Å². The lowest BCUT2D eigenvalue weighted by atomic mass is 10.0. The van der Waals surface area contributed by atoms with Crippen molar-refractivity contribution in [3.05, 3.63) is 53.4 Å². The number of hydrogen-bond donors (Lipinski definition) is 1. The highest BCUT2D eigenvalue weighted by molar-refractivity contribution is 7.88. The van der Waals surface area contributed by atoms with Crippen LogP contribution in [0, 0.1) is 6.92 Å². The molecule has 128 valence electrons. The molecule has 1 aromatic heterocycles. The molecule has 2 aromatic rings. The maximum Gasteiger partial charge on any atom is 0.222 e. The van der Waals surface area contributed by atoms with Crippen LogP contribution in [0.15, 0.2) is 41.1 Å². The molecular formula is C16H19N3O4S. The molecule has 1 N–H and O–H groups in total. The zero-order chi connectivity index (χ0) is 17.2. The predicted octanol–water partition coefficient (Wildman–Crippen LogP) is 1.38. The molecule has 2 heterocycles. The fourth-order valence-electron chi connectivity index (χ4n) is 2.81. The first-order valence-corrected chi connectivity index (χ1v) is 9.29. The summed E-state index contributed by atoms with van der Waals surface area (Å²) in [4.78, 5) is 12.0. The van der Waals surface area contributed by atoms with Crippen LogP contribution >= 0.6 is 0 Å². The topological polar surface area (TPSA) is 92.5 Å². The third-order valence-corrected chi connectivity index (χ3v) is 5.88. The van der Waals surface area contributed by atoms with Crippen LogP contribution in [-0.2, 0) is 20.6 Å². The van der Waals surface area contributed by atoms with Gasteiger partial charge in [0.05, 0.1) is 6.04 Å². The number of nitrogens with zero attached hydrogens (tertiary/aromatic N) is 2. The van der Waals surface area contributed by atoms with Crippen molar-refractivity contribution in [3.63, 3.8) is 0 Å². The van der Waals surface area contributed by atoms with Crippen LogP contribution < -0.4 is 5.32 Å². The Balaban J connectivity index is 1.95. The first kappa shape index (κ1) is 16.7. The van der Waals surface area contributed by atoms with Gasteiger partial charge in [0.25, 0.3) is 0 Å². The molecule has 0 spiro atoms. The number of benzene rings is 1. The second-order valence-electron chi connectivity index (χ2n) is 5.79. The SMILES string of the molecule is Cc1conc1CS(=O)(=O)N1CCNC(=O)CC1c1ccccc1. The molecule has 0 radical (unpaired) electrons. The van der Waals surface area contributed by atoms with Gasteiger partial charge in [-0.05, 0) is 12.5 Å². The summed E-state index contributed by atoms with van der Waals surface area (Å²) < 4.78 is 32.1. The quantitative estimate of drug-likeness (QED) is 0.900. The van der Waals surface area contributed by atoms with Crippen molar-refractivity contribution in [2.75, 3.05) is 13.1 Å². The minimum atomic E-state index is -3.65. The number of carbonyl (C=O) groups is 1. The minimum absolute atomic E-state index is 0.0983. The van der Waals surface area contributed by atoms with Crippen molar-refractivity contribution in [1.82, 2.24) is 14.8 Å². The van der Waals surface area contributed by atoms with Crippen LogP contribution in [0.4, 0.5) is 0 Å². The van der Waals surface area contributed by atoms with Crippen LogP contribution in [0.1, 0.15) is 29.3 Å².